The van der Waals surface area contributed by atoms with Gasteiger partial charge in [-0.15, -0.1) is 0 Å². The molecule has 0 aliphatic heterocycles. The van der Waals surface area contributed by atoms with Crippen molar-refractivity contribution >= 4 is 5.69 Å². The van der Waals surface area contributed by atoms with Gasteiger partial charge in [0, 0.05) is 11.7 Å². The van der Waals surface area contributed by atoms with E-state index in [2.05, 4.69) is 19.2 Å². The van der Waals surface area contributed by atoms with Gasteiger partial charge < -0.3 is 5.32 Å². The Morgan fingerprint density at radius 3 is 2.35 bits per heavy atom. The Bertz CT molecular complexity index is 379. The molecule has 0 spiro atoms. The van der Waals surface area contributed by atoms with Crippen LogP contribution in [0.3, 0.4) is 0 Å². The summed E-state index contributed by atoms with van der Waals surface area (Å²) in [6.45, 7) is 6.41. The fourth-order valence-corrected chi connectivity index (χ4v) is 2.98. The number of aryl methyl sites for hydroxylation is 1. The van der Waals surface area contributed by atoms with Crippen LogP contribution in [-0.2, 0) is 0 Å². The topological polar surface area (TPSA) is 12.0 Å². The van der Waals surface area contributed by atoms with Crippen LogP contribution in [0, 0.1) is 24.6 Å². The summed E-state index contributed by atoms with van der Waals surface area (Å²) in [6.07, 6.45) is 3.71. The molecule has 1 saturated carbocycles. The maximum atomic E-state index is 13.4. The SMILES string of the molecule is Cc1ccc(NC2CC(C)CC(C)C2)cc1F. The van der Waals surface area contributed by atoms with Gasteiger partial charge in [-0.05, 0) is 55.7 Å². The zero-order chi connectivity index (χ0) is 12.4. The largest absolute Gasteiger partial charge is 0.382 e. The fourth-order valence-electron chi connectivity index (χ4n) is 2.98. The van der Waals surface area contributed by atoms with Gasteiger partial charge in [-0.25, -0.2) is 4.39 Å². The number of nitrogens with one attached hydrogen (secondary N) is 1. The molecule has 0 heterocycles. The number of hydrogen-bond acceptors (Lipinski definition) is 1. The predicted octanol–water partition coefficient (Wildman–Crippen LogP) is 4.37. The van der Waals surface area contributed by atoms with Crippen LogP contribution in [0.1, 0.15) is 38.7 Å². The third kappa shape index (κ3) is 3.21. The Hall–Kier alpha value is -1.05. The normalized spacial score (nSPS) is 29.1. The molecule has 2 heteroatoms. The summed E-state index contributed by atoms with van der Waals surface area (Å²) in [5.74, 6) is 1.42. The van der Waals surface area contributed by atoms with E-state index in [1.54, 1.807) is 13.0 Å². The van der Waals surface area contributed by atoms with E-state index in [-0.39, 0.29) is 5.82 Å². The summed E-state index contributed by atoms with van der Waals surface area (Å²) in [4.78, 5) is 0. The summed E-state index contributed by atoms with van der Waals surface area (Å²) >= 11 is 0. The van der Waals surface area contributed by atoms with Crippen molar-refractivity contribution in [1.29, 1.82) is 0 Å². The number of halogens is 1. The Kier molecular flexibility index (Phi) is 3.70. The standard InChI is InChI=1S/C15H22FN/c1-10-6-11(2)8-14(7-10)17-13-5-4-12(3)15(16)9-13/h4-5,9-11,14,17H,6-8H2,1-3H3. The summed E-state index contributed by atoms with van der Waals surface area (Å²) in [5.41, 5.74) is 1.63. The predicted molar refractivity (Wildman–Crippen MR) is 70.7 cm³/mol. The van der Waals surface area contributed by atoms with Gasteiger partial charge in [0.2, 0.25) is 0 Å². The third-order valence-electron chi connectivity index (χ3n) is 3.72. The van der Waals surface area contributed by atoms with Crippen molar-refractivity contribution in [3.63, 3.8) is 0 Å². The van der Waals surface area contributed by atoms with Crippen LogP contribution in [0.2, 0.25) is 0 Å². The van der Waals surface area contributed by atoms with E-state index in [9.17, 15) is 4.39 Å². The van der Waals surface area contributed by atoms with E-state index < -0.39 is 0 Å². The molecule has 1 aliphatic carbocycles. The Balaban J connectivity index is 2.02. The second-order valence-corrected chi connectivity index (χ2v) is 5.72. The van der Waals surface area contributed by atoms with Gasteiger partial charge in [0.05, 0.1) is 0 Å². The fraction of sp³-hybridized carbons (Fsp3) is 0.600. The van der Waals surface area contributed by atoms with Crippen LogP contribution in [0.4, 0.5) is 10.1 Å². The molecule has 1 N–H and O–H groups in total. The van der Waals surface area contributed by atoms with Gasteiger partial charge in [-0.3, -0.25) is 0 Å². The first-order valence-corrected chi connectivity index (χ1v) is 6.57. The number of rotatable bonds is 2. The smallest absolute Gasteiger partial charge is 0.128 e. The van der Waals surface area contributed by atoms with Crippen LogP contribution in [-0.4, -0.2) is 6.04 Å². The molecule has 0 aromatic heterocycles. The second-order valence-electron chi connectivity index (χ2n) is 5.72. The molecule has 2 unspecified atom stereocenters. The molecule has 1 aromatic rings. The molecule has 2 rings (SSSR count). The van der Waals surface area contributed by atoms with Gasteiger partial charge in [0.15, 0.2) is 0 Å². The first-order chi connectivity index (χ1) is 8.04. The number of benzene rings is 1. The zero-order valence-corrected chi connectivity index (χ0v) is 11.0. The molecular formula is C15H22FN. The summed E-state index contributed by atoms with van der Waals surface area (Å²) < 4.78 is 13.4. The van der Waals surface area contributed by atoms with Crippen molar-refractivity contribution in [2.75, 3.05) is 5.32 Å². The van der Waals surface area contributed by atoms with Gasteiger partial charge in [-0.2, -0.15) is 0 Å². The lowest BCUT2D eigenvalue weighted by atomic mass is 9.80. The average Bonchev–Trinajstić information content (AvgIpc) is 2.22. The van der Waals surface area contributed by atoms with E-state index >= 15 is 0 Å². The summed E-state index contributed by atoms with van der Waals surface area (Å²) in [6, 6.07) is 5.92. The highest BCUT2D eigenvalue weighted by Gasteiger charge is 2.23. The first kappa shape index (κ1) is 12.4. The molecule has 1 nitrogen and oxygen atoms in total. The maximum Gasteiger partial charge on any atom is 0.128 e. The third-order valence-corrected chi connectivity index (χ3v) is 3.72. The van der Waals surface area contributed by atoms with Crippen LogP contribution >= 0.6 is 0 Å². The van der Waals surface area contributed by atoms with E-state index in [0.717, 1.165) is 17.5 Å². The minimum atomic E-state index is -0.119. The second kappa shape index (κ2) is 5.07. The van der Waals surface area contributed by atoms with Crippen LogP contribution in [0.15, 0.2) is 18.2 Å². The Morgan fingerprint density at radius 1 is 1.12 bits per heavy atom. The lowest BCUT2D eigenvalue weighted by molar-refractivity contribution is 0.281. The lowest BCUT2D eigenvalue weighted by Gasteiger charge is -2.32. The molecule has 0 amide bonds. The van der Waals surface area contributed by atoms with Crippen molar-refractivity contribution in [3.05, 3.63) is 29.6 Å². The van der Waals surface area contributed by atoms with Gasteiger partial charge in [0.25, 0.3) is 0 Å². The van der Waals surface area contributed by atoms with E-state index in [1.165, 1.54) is 19.3 Å². The molecule has 2 atom stereocenters. The molecule has 1 fully saturated rings. The molecular weight excluding hydrogens is 213 g/mol. The highest BCUT2D eigenvalue weighted by Crippen LogP contribution is 2.30. The van der Waals surface area contributed by atoms with Crippen LogP contribution < -0.4 is 5.32 Å². The molecule has 1 aliphatic rings. The maximum absolute atomic E-state index is 13.4. The van der Waals surface area contributed by atoms with E-state index in [1.807, 2.05) is 12.1 Å². The molecule has 0 radical (unpaired) electrons. The van der Waals surface area contributed by atoms with E-state index in [4.69, 9.17) is 0 Å². The summed E-state index contributed by atoms with van der Waals surface area (Å²) in [5, 5.41) is 3.47. The minimum absolute atomic E-state index is 0.119. The van der Waals surface area contributed by atoms with Crippen molar-refractivity contribution < 1.29 is 4.39 Å². The monoisotopic (exact) mass is 235 g/mol. The molecule has 0 bridgehead atoms. The lowest BCUT2D eigenvalue weighted by Crippen LogP contribution is -2.30. The van der Waals surface area contributed by atoms with Crippen LogP contribution in [0.25, 0.3) is 0 Å². The summed E-state index contributed by atoms with van der Waals surface area (Å²) in [7, 11) is 0. The van der Waals surface area contributed by atoms with Gasteiger partial charge >= 0.3 is 0 Å². The molecule has 1 aromatic carbocycles. The van der Waals surface area contributed by atoms with Crippen molar-refractivity contribution in [2.24, 2.45) is 11.8 Å². The minimum Gasteiger partial charge on any atom is -0.382 e. The van der Waals surface area contributed by atoms with Crippen LogP contribution in [0.5, 0.6) is 0 Å². The quantitative estimate of drug-likeness (QED) is 0.802. The molecule has 0 saturated heterocycles. The Labute approximate surface area is 103 Å². The van der Waals surface area contributed by atoms with Crippen molar-refractivity contribution in [1.82, 2.24) is 0 Å². The highest BCUT2D eigenvalue weighted by molar-refractivity contribution is 5.46. The van der Waals surface area contributed by atoms with Gasteiger partial charge in [-0.1, -0.05) is 19.9 Å². The first-order valence-electron chi connectivity index (χ1n) is 6.57. The average molecular weight is 235 g/mol. The Morgan fingerprint density at radius 2 is 1.76 bits per heavy atom. The van der Waals surface area contributed by atoms with E-state index in [0.29, 0.717) is 11.6 Å². The van der Waals surface area contributed by atoms with Crippen molar-refractivity contribution in [2.45, 2.75) is 46.1 Å². The molecule has 94 valence electrons. The molecule has 17 heavy (non-hydrogen) atoms. The highest BCUT2D eigenvalue weighted by atomic mass is 19.1. The number of hydrogen-bond donors (Lipinski definition) is 1. The zero-order valence-electron chi connectivity index (χ0n) is 11.0. The van der Waals surface area contributed by atoms with Crippen molar-refractivity contribution in [3.8, 4) is 0 Å². The number of anilines is 1. The van der Waals surface area contributed by atoms with Gasteiger partial charge in [0.1, 0.15) is 5.82 Å².